The van der Waals surface area contributed by atoms with Crippen LogP contribution in [0.1, 0.15) is 19.8 Å². The lowest BCUT2D eigenvalue weighted by molar-refractivity contribution is -0.908. The lowest BCUT2D eigenvalue weighted by atomic mass is 9.96. The number of hydrogen-bond donors (Lipinski definition) is 2. The number of rotatable bonds is 4. The van der Waals surface area contributed by atoms with Crippen LogP contribution in [0.5, 0.6) is 0 Å². The Hall–Kier alpha value is -2.15. The van der Waals surface area contributed by atoms with Crippen LogP contribution in [0.4, 0.5) is 10.6 Å². The van der Waals surface area contributed by atoms with Crippen LogP contribution in [0.15, 0.2) is 24.4 Å². The van der Waals surface area contributed by atoms with Crippen LogP contribution in [0.3, 0.4) is 0 Å². The Morgan fingerprint density at radius 3 is 2.67 bits per heavy atom. The molecule has 1 atom stereocenters. The van der Waals surface area contributed by atoms with E-state index in [1.807, 2.05) is 25.3 Å². The van der Waals surface area contributed by atoms with Gasteiger partial charge in [0.05, 0.1) is 6.20 Å². The van der Waals surface area contributed by atoms with E-state index in [1.165, 1.54) is 9.80 Å². The van der Waals surface area contributed by atoms with Crippen LogP contribution < -0.4 is 20.1 Å². The molecule has 1 saturated carbocycles. The van der Waals surface area contributed by atoms with Crippen molar-refractivity contribution in [3.05, 3.63) is 24.4 Å². The lowest BCUT2D eigenvalue weighted by Crippen LogP contribution is -3.16. The fourth-order valence-corrected chi connectivity index (χ4v) is 3.82. The number of carbonyl (C=O) groups is 2. The molecule has 1 aromatic rings. The van der Waals surface area contributed by atoms with Gasteiger partial charge in [-0.05, 0) is 31.7 Å². The molecule has 2 saturated heterocycles. The number of amides is 3. The summed E-state index contributed by atoms with van der Waals surface area (Å²) in [5.41, 5.74) is -0.669. The number of nitrogens with zero attached hydrogens (tertiary/aromatic N) is 2. The predicted octanol–water partition coefficient (Wildman–Crippen LogP) is -1.12. The lowest BCUT2D eigenvalue weighted by Gasteiger charge is -2.30. The van der Waals surface area contributed by atoms with Gasteiger partial charge < -0.3 is 10.2 Å². The van der Waals surface area contributed by atoms with E-state index in [0.717, 1.165) is 44.8 Å². The first kappa shape index (κ1) is 15.4. The highest BCUT2D eigenvalue weighted by molar-refractivity contribution is 6.07. The molecule has 3 N–H and O–H groups in total. The quantitative estimate of drug-likeness (QED) is 0.687. The van der Waals surface area contributed by atoms with Gasteiger partial charge in [-0.2, -0.15) is 0 Å². The monoisotopic (exact) mass is 331 g/mol. The molecule has 3 amide bonds. The second-order valence-electron chi connectivity index (χ2n) is 7.28. The van der Waals surface area contributed by atoms with Crippen LogP contribution in [0, 0.1) is 5.92 Å². The Kier molecular flexibility index (Phi) is 3.68. The molecule has 1 aromatic heterocycles. The van der Waals surface area contributed by atoms with Crippen molar-refractivity contribution in [3.8, 4) is 0 Å². The number of nitrogens with one attached hydrogen (secondary N) is 3. The van der Waals surface area contributed by atoms with Crippen molar-refractivity contribution < 1.29 is 19.5 Å². The maximum Gasteiger partial charge on any atom is 0.329 e. The molecule has 3 fully saturated rings. The third kappa shape index (κ3) is 2.62. The number of pyridine rings is 1. The zero-order chi connectivity index (χ0) is 16.7. The molecule has 24 heavy (non-hydrogen) atoms. The van der Waals surface area contributed by atoms with Crippen molar-refractivity contribution in [2.75, 3.05) is 37.7 Å². The summed E-state index contributed by atoms with van der Waals surface area (Å²) in [7, 11) is 0. The van der Waals surface area contributed by atoms with Gasteiger partial charge in [0.25, 0.3) is 11.7 Å². The van der Waals surface area contributed by atoms with E-state index in [9.17, 15) is 9.59 Å². The second kappa shape index (κ2) is 5.73. The van der Waals surface area contributed by atoms with Gasteiger partial charge in [0.2, 0.25) is 0 Å². The third-order valence-corrected chi connectivity index (χ3v) is 5.58. The summed E-state index contributed by atoms with van der Waals surface area (Å²) >= 11 is 0. The first-order valence-corrected chi connectivity index (χ1v) is 8.77. The fourth-order valence-electron chi connectivity index (χ4n) is 3.82. The summed E-state index contributed by atoms with van der Waals surface area (Å²) in [6.07, 6.45) is 4.01. The van der Waals surface area contributed by atoms with Crippen LogP contribution in [0.2, 0.25) is 0 Å². The Morgan fingerprint density at radius 1 is 1.29 bits per heavy atom. The van der Waals surface area contributed by atoms with E-state index in [0.29, 0.717) is 12.6 Å². The van der Waals surface area contributed by atoms with Crippen LogP contribution >= 0.6 is 0 Å². The van der Waals surface area contributed by atoms with E-state index in [4.69, 9.17) is 0 Å². The predicted molar refractivity (Wildman–Crippen MR) is 87.3 cm³/mol. The number of urea groups is 1. The number of aromatic amines is 1. The standard InChI is InChI=1S/C17H23N5O2/c1-17(13-5-6-13)15(23)22(16(24)19-17)12-20-8-10-21(11-9-20)14-4-2-3-7-18-14/h2-4,7,13H,5-6,8-12H2,1H3,(H,19,24)/p+2/t17-/m1/s1. The minimum Gasteiger partial charge on any atom is -0.323 e. The first-order valence-electron chi connectivity index (χ1n) is 8.77. The number of quaternary nitrogens is 1. The molecular weight excluding hydrogens is 306 g/mol. The van der Waals surface area contributed by atoms with Crippen LogP contribution in [-0.2, 0) is 4.79 Å². The molecule has 3 aliphatic rings. The average Bonchev–Trinajstić information content (AvgIpc) is 3.43. The van der Waals surface area contributed by atoms with Gasteiger partial charge >= 0.3 is 6.03 Å². The van der Waals surface area contributed by atoms with E-state index >= 15 is 0 Å². The van der Waals surface area contributed by atoms with E-state index < -0.39 is 5.54 Å². The van der Waals surface area contributed by atoms with Crippen molar-refractivity contribution in [3.63, 3.8) is 0 Å². The molecule has 7 heteroatoms. The minimum absolute atomic E-state index is 0.0404. The molecule has 0 aromatic carbocycles. The molecule has 128 valence electrons. The highest BCUT2D eigenvalue weighted by atomic mass is 16.2. The average molecular weight is 331 g/mol. The van der Waals surface area contributed by atoms with Crippen molar-refractivity contribution >= 4 is 17.8 Å². The van der Waals surface area contributed by atoms with Gasteiger partial charge in [-0.1, -0.05) is 6.07 Å². The van der Waals surface area contributed by atoms with E-state index in [-0.39, 0.29) is 11.9 Å². The third-order valence-electron chi connectivity index (χ3n) is 5.58. The van der Waals surface area contributed by atoms with Crippen molar-refractivity contribution in [2.45, 2.75) is 25.3 Å². The van der Waals surface area contributed by atoms with Gasteiger partial charge in [-0.25, -0.2) is 14.7 Å². The fraction of sp³-hybridized carbons (Fsp3) is 0.588. The molecule has 4 rings (SSSR count). The van der Waals surface area contributed by atoms with Crippen molar-refractivity contribution in [1.82, 2.24) is 10.2 Å². The van der Waals surface area contributed by atoms with E-state index in [2.05, 4.69) is 21.3 Å². The van der Waals surface area contributed by atoms with Crippen LogP contribution in [0.25, 0.3) is 0 Å². The summed E-state index contributed by atoms with van der Waals surface area (Å²) in [4.78, 5) is 33.2. The molecule has 7 nitrogen and oxygen atoms in total. The normalized spacial score (nSPS) is 28.4. The maximum atomic E-state index is 12.7. The smallest absolute Gasteiger partial charge is 0.323 e. The summed E-state index contributed by atoms with van der Waals surface area (Å²) in [5.74, 6) is 1.40. The largest absolute Gasteiger partial charge is 0.329 e. The van der Waals surface area contributed by atoms with Crippen LogP contribution in [-0.4, -0.2) is 55.2 Å². The topological polar surface area (TPSA) is 71.2 Å². The number of carbonyl (C=O) groups excluding carboxylic acids is 2. The van der Waals surface area contributed by atoms with Crippen molar-refractivity contribution in [1.29, 1.82) is 0 Å². The summed E-state index contributed by atoms with van der Waals surface area (Å²) in [6, 6.07) is 5.85. The Labute approximate surface area is 141 Å². The van der Waals surface area contributed by atoms with E-state index in [1.54, 1.807) is 0 Å². The zero-order valence-electron chi connectivity index (χ0n) is 14.0. The summed E-state index contributed by atoms with van der Waals surface area (Å²) < 4.78 is 0. The number of aromatic nitrogens is 1. The van der Waals surface area contributed by atoms with Gasteiger partial charge in [0.1, 0.15) is 31.7 Å². The number of hydrogen-bond acceptors (Lipinski definition) is 3. The summed E-state index contributed by atoms with van der Waals surface area (Å²) in [6.45, 7) is 6.02. The molecule has 0 bridgehead atoms. The minimum atomic E-state index is -0.669. The molecule has 0 radical (unpaired) electrons. The highest BCUT2D eigenvalue weighted by Crippen LogP contribution is 2.42. The number of anilines is 1. The molecule has 2 aliphatic heterocycles. The Morgan fingerprint density at radius 2 is 2.04 bits per heavy atom. The second-order valence-corrected chi connectivity index (χ2v) is 7.28. The molecule has 0 unspecified atom stereocenters. The van der Waals surface area contributed by atoms with Gasteiger partial charge in [-0.15, -0.1) is 0 Å². The molecular formula is C17H25N5O2+2. The van der Waals surface area contributed by atoms with Crippen molar-refractivity contribution in [2.24, 2.45) is 5.92 Å². The van der Waals surface area contributed by atoms with Gasteiger partial charge in [-0.3, -0.25) is 9.69 Å². The molecule has 3 heterocycles. The molecule has 0 spiro atoms. The summed E-state index contributed by atoms with van der Waals surface area (Å²) in [5, 5.41) is 2.92. The molecule has 1 aliphatic carbocycles. The highest BCUT2D eigenvalue weighted by Gasteiger charge is 2.56. The Balaban J connectivity index is 1.35. The number of imide groups is 1. The number of H-pyrrole nitrogens is 1. The Bertz CT molecular complexity index is 640. The number of piperazine rings is 1. The SMILES string of the molecule is C[C@]1(C2CC2)NC(=O)N(C[NH+]2CCN(c3cccc[nH+]3)CC2)C1=O. The van der Waals surface area contributed by atoms with Gasteiger partial charge in [0.15, 0.2) is 6.67 Å². The zero-order valence-corrected chi connectivity index (χ0v) is 14.0. The maximum absolute atomic E-state index is 12.7. The van der Waals surface area contributed by atoms with Gasteiger partial charge in [0, 0.05) is 6.07 Å². The first-order chi connectivity index (χ1) is 11.6.